The minimum Gasteiger partial charge on any atom is -0.479 e. The molecule has 2 heterocycles. The standard InChI is InChI=1S/C15H25NO14S/c1-4-7(16-5(2)17)12(8(18)6(28-4)3-27-31(24,25)26)29-15-11(21)9(19)10(20)13(30-15)14(22)23/h4,6-13,15,18-21H,3H2,1-2H3,(H,16,17)(H,22,23)(H,24,25,26)/t4-,6?,7?,8-,9-,10+,11?,12+,13?,15+/m0/s1. The van der Waals surface area contributed by atoms with Crippen molar-refractivity contribution in [2.75, 3.05) is 6.61 Å². The molecular weight excluding hydrogens is 450 g/mol. The summed E-state index contributed by atoms with van der Waals surface area (Å²) in [6.07, 6.45) is -15.3. The molecule has 1 amide bonds. The van der Waals surface area contributed by atoms with Crippen LogP contribution < -0.4 is 5.32 Å². The fraction of sp³-hybridized carbons (Fsp3) is 0.867. The Bertz CT molecular complexity index is 761. The highest BCUT2D eigenvalue weighted by atomic mass is 32.3. The van der Waals surface area contributed by atoms with Gasteiger partial charge in [0.2, 0.25) is 5.91 Å². The van der Waals surface area contributed by atoms with Crippen LogP contribution in [0, 0.1) is 0 Å². The third kappa shape index (κ3) is 6.28. The summed E-state index contributed by atoms with van der Waals surface area (Å²) in [7, 11) is -4.87. The second-order valence-corrected chi connectivity index (χ2v) is 8.24. The number of carboxylic acid groups (broad SMARTS) is 1. The molecular formula is C15H25NO14S. The minimum atomic E-state index is -4.87. The Balaban J connectivity index is 2.27. The molecule has 2 aliphatic heterocycles. The van der Waals surface area contributed by atoms with Crippen molar-refractivity contribution in [3.8, 4) is 0 Å². The number of nitrogens with one attached hydrogen (secondary N) is 1. The Kier molecular flexibility index (Phi) is 8.31. The molecule has 0 saturated carbocycles. The van der Waals surface area contributed by atoms with Crippen molar-refractivity contribution in [2.45, 2.75) is 75.0 Å². The Labute approximate surface area is 176 Å². The molecule has 0 aliphatic carbocycles. The van der Waals surface area contributed by atoms with E-state index in [9.17, 15) is 38.4 Å². The number of ether oxygens (including phenoxy) is 3. The molecule has 4 unspecified atom stereocenters. The summed E-state index contributed by atoms with van der Waals surface area (Å²) in [5.41, 5.74) is 0. The topological polar surface area (TPSA) is 239 Å². The van der Waals surface area contributed by atoms with Crippen LogP contribution in [0.1, 0.15) is 13.8 Å². The van der Waals surface area contributed by atoms with Gasteiger partial charge in [-0.05, 0) is 6.92 Å². The molecule has 0 aromatic rings. The maximum absolute atomic E-state index is 11.6. The summed E-state index contributed by atoms with van der Waals surface area (Å²) in [6.45, 7) is 1.74. The lowest BCUT2D eigenvalue weighted by atomic mass is 9.92. The van der Waals surface area contributed by atoms with Crippen molar-refractivity contribution in [2.24, 2.45) is 0 Å². The highest BCUT2D eigenvalue weighted by molar-refractivity contribution is 7.80. The van der Waals surface area contributed by atoms with Crippen molar-refractivity contribution >= 4 is 22.3 Å². The number of carboxylic acids is 1. The van der Waals surface area contributed by atoms with E-state index in [1.807, 2.05) is 0 Å². The molecule has 0 radical (unpaired) electrons. The zero-order valence-corrected chi connectivity index (χ0v) is 17.2. The number of amides is 1. The Morgan fingerprint density at radius 1 is 1.03 bits per heavy atom. The zero-order chi connectivity index (χ0) is 23.7. The number of hydrogen-bond donors (Lipinski definition) is 7. The predicted octanol–water partition coefficient (Wildman–Crippen LogP) is -4.26. The van der Waals surface area contributed by atoms with Gasteiger partial charge in [-0.2, -0.15) is 8.42 Å². The third-order valence-electron chi connectivity index (χ3n) is 4.82. The van der Waals surface area contributed by atoms with Crippen LogP contribution in [0.2, 0.25) is 0 Å². The molecule has 16 heteroatoms. The third-order valence-corrected chi connectivity index (χ3v) is 5.26. The van der Waals surface area contributed by atoms with Crippen LogP contribution in [0.3, 0.4) is 0 Å². The molecule has 2 rings (SSSR count). The van der Waals surface area contributed by atoms with Crippen molar-refractivity contribution < 1.29 is 66.5 Å². The largest absolute Gasteiger partial charge is 0.479 e. The van der Waals surface area contributed by atoms with E-state index >= 15 is 0 Å². The van der Waals surface area contributed by atoms with Gasteiger partial charge in [0.25, 0.3) is 0 Å². The first-order valence-electron chi connectivity index (χ1n) is 9.03. The van der Waals surface area contributed by atoms with Gasteiger partial charge < -0.3 is 45.1 Å². The average Bonchev–Trinajstić information content (AvgIpc) is 2.64. The Morgan fingerprint density at radius 3 is 2.16 bits per heavy atom. The summed E-state index contributed by atoms with van der Waals surface area (Å²) < 4.78 is 50.5. The lowest BCUT2D eigenvalue weighted by Crippen LogP contribution is -2.67. The van der Waals surface area contributed by atoms with E-state index in [0.29, 0.717) is 0 Å². The van der Waals surface area contributed by atoms with Gasteiger partial charge >= 0.3 is 16.4 Å². The second kappa shape index (κ2) is 9.99. The van der Waals surface area contributed by atoms with Crippen molar-refractivity contribution in [1.82, 2.24) is 5.32 Å². The van der Waals surface area contributed by atoms with E-state index in [1.54, 1.807) is 0 Å². The molecule has 0 spiro atoms. The number of carbonyl (C=O) groups is 2. The SMILES string of the molecule is CC(=O)NC1[C@H](C)OC(COS(=O)(=O)O)[C@H](O)[C@@H]1O[C@@H]1OC(C(=O)O)[C@H](O)[C@H](O)C1O. The summed E-state index contributed by atoms with van der Waals surface area (Å²) in [4.78, 5) is 22.8. The van der Waals surface area contributed by atoms with Crippen molar-refractivity contribution in [3.63, 3.8) is 0 Å². The van der Waals surface area contributed by atoms with Gasteiger partial charge in [0, 0.05) is 6.92 Å². The predicted molar refractivity (Wildman–Crippen MR) is 94.6 cm³/mol. The summed E-state index contributed by atoms with van der Waals surface area (Å²) in [5.74, 6) is -2.23. The maximum Gasteiger partial charge on any atom is 0.397 e. The molecule has 2 saturated heterocycles. The first kappa shape index (κ1) is 25.8. The van der Waals surface area contributed by atoms with Crippen LogP contribution in [-0.4, -0.2) is 118 Å². The molecule has 180 valence electrons. The highest BCUT2D eigenvalue weighted by Gasteiger charge is 2.52. The molecule has 0 aromatic carbocycles. The average molecular weight is 475 g/mol. The summed E-state index contributed by atoms with van der Waals surface area (Å²) in [5, 5.41) is 52.0. The van der Waals surface area contributed by atoms with E-state index in [0.717, 1.165) is 6.92 Å². The number of rotatable bonds is 7. The van der Waals surface area contributed by atoms with Crippen LogP contribution in [0.5, 0.6) is 0 Å². The van der Waals surface area contributed by atoms with Crippen LogP contribution >= 0.6 is 0 Å². The maximum atomic E-state index is 11.6. The molecule has 2 aliphatic rings. The monoisotopic (exact) mass is 475 g/mol. The van der Waals surface area contributed by atoms with Crippen LogP contribution in [0.15, 0.2) is 0 Å². The smallest absolute Gasteiger partial charge is 0.397 e. The van der Waals surface area contributed by atoms with Gasteiger partial charge in [-0.25, -0.2) is 8.98 Å². The second-order valence-electron chi connectivity index (χ2n) is 7.14. The van der Waals surface area contributed by atoms with E-state index in [2.05, 4.69) is 9.50 Å². The van der Waals surface area contributed by atoms with Crippen molar-refractivity contribution in [3.05, 3.63) is 0 Å². The lowest BCUT2D eigenvalue weighted by molar-refractivity contribution is -0.325. The number of carbonyl (C=O) groups excluding carboxylic acids is 1. The first-order chi connectivity index (χ1) is 14.2. The van der Waals surface area contributed by atoms with E-state index < -0.39 is 90.0 Å². The Hall–Kier alpha value is -1.47. The number of aliphatic carboxylic acids is 1. The van der Waals surface area contributed by atoms with Gasteiger partial charge in [0.05, 0.1) is 18.8 Å². The van der Waals surface area contributed by atoms with E-state index in [4.69, 9.17) is 23.9 Å². The zero-order valence-electron chi connectivity index (χ0n) is 16.3. The van der Waals surface area contributed by atoms with E-state index in [1.165, 1.54) is 6.92 Å². The van der Waals surface area contributed by atoms with E-state index in [-0.39, 0.29) is 0 Å². The van der Waals surface area contributed by atoms with Crippen LogP contribution in [0.4, 0.5) is 0 Å². The van der Waals surface area contributed by atoms with Crippen LogP contribution in [-0.2, 0) is 38.4 Å². The van der Waals surface area contributed by atoms with Crippen molar-refractivity contribution in [1.29, 1.82) is 0 Å². The quantitative estimate of drug-likeness (QED) is 0.173. The van der Waals surface area contributed by atoms with Gasteiger partial charge in [0.15, 0.2) is 12.4 Å². The van der Waals surface area contributed by atoms with Gasteiger partial charge in [-0.15, -0.1) is 0 Å². The minimum absolute atomic E-state index is 0.571. The van der Waals surface area contributed by atoms with Gasteiger partial charge in [0.1, 0.15) is 36.6 Å². The Morgan fingerprint density at radius 2 is 1.65 bits per heavy atom. The lowest BCUT2D eigenvalue weighted by Gasteiger charge is -2.46. The molecule has 0 bridgehead atoms. The van der Waals surface area contributed by atoms with Gasteiger partial charge in [-0.3, -0.25) is 9.35 Å². The number of aliphatic hydroxyl groups is 4. The summed E-state index contributed by atoms with van der Waals surface area (Å²) >= 11 is 0. The molecule has 7 N–H and O–H groups in total. The number of aliphatic hydroxyl groups excluding tert-OH is 4. The molecule has 2 fully saturated rings. The molecule has 0 aromatic heterocycles. The fourth-order valence-electron chi connectivity index (χ4n) is 3.34. The summed E-state index contributed by atoms with van der Waals surface area (Å²) in [6, 6.07) is -1.10. The molecule has 31 heavy (non-hydrogen) atoms. The van der Waals surface area contributed by atoms with Crippen LogP contribution in [0.25, 0.3) is 0 Å². The first-order valence-corrected chi connectivity index (χ1v) is 10.4. The van der Waals surface area contributed by atoms with Gasteiger partial charge in [-0.1, -0.05) is 0 Å². The number of hydrogen-bond acceptors (Lipinski definition) is 12. The molecule has 10 atom stereocenters. The fourth-order valence-corrected chi connectivity index (χ4v) is 3.65. The molecule has 15 nitrogen and oxygen atoms in total. The highest BCUT2D eigenvalue weighted by Crippen LogP contribution is 2.29. The normalized spacial score (nSPS) is 41.5.